The van der Waals surface area contributed by atoms with Gasteiger partial charge in [-0.3, -0.25) is 9.59 Å². The Morgan fingerprint density at radius 3 is 2.31 bits per heavy atom. The second kappa shape index (κ2) is 12.7. The fraction of sp³-hybridized carbons (Fsp3) is 0.304. The summed E-state index contributed by atoms with van der Waals surface area (Å²) in [4.78, 5) is 34.2. The standard InChI is InChI=1S/C16H19N3O5S.C7H8/c1-17-13(20)7-18-15(22)11(14(21)16(23)19-24)6-9-8-25-12-5-3-2-4-10(9)12;1-7-5-3-2-4-6-7/h2-5,8,11,14,16,21,23H,6-7H2,1H3,(H,17,20)(H,18,22);2-6H,1H3/t11-,14+,16?;/m1./s1. The Hall–Kier alpha value is -3.14. The molecule has 3 atom stereocenters. The van der Waals surface area contributed by atoms with Crippen molar-refractivity contribution in [3.05, 3.63) is 76.0 Å². The van der Waals surface area contributed by atoms with Gasteiger partial charge < -0.3 is 20.8 Å². The molecule has 170 valence electrons. The first-order valence-corrected chi connectivity index (χ1v) is 10.9. The third-order valence-corrected chi connectivity index (χ3v) is 5.82. The number of amides is 2. The van der Waals surface area contributed by atoms with Gasteiger partial charge >= 0.3 is 0 Å². The highest BCUT2D eigenvalue weighted by atomic mass is 32.1. The quantitative estimate of drug-likeness (QED) is 0.386. The van der Waals surface area contributed by atoms with E-state index < -0.39 is 30.1 Å². The third kappa shape index (κ3) is 7.23. The van der Waals surface area contributed by atoms with E-state index in [0.29, 0.717) is 0 Å². The van der Waals surface area contributed by atoms with Crippen LogP contribution < -0.4 is 10.6 Å². The number of aryl methyl sites for hydroxylation is 1. The van der Waals surface area contributed by atoms with Gasteiger partial charge in [0.1, 0.15) is 6.10 Å². The van der Waals surface area contributed by atoms with Gasteiger partial charge in [-0.05, 0) is 40.9 Å². The zero-order valence-electron chi connectivity index (χ0n) is 17.9. The lowest BCUT2D eigenvalue weighted by Crippen LogP contribution is -2.46. The van der Waals surface area contributed by atoms with Crippen LogP contribution in [0.15, 0.2) is 65.2 Å². The minimum atomic E-state index is -1.93. The van der Waals surface area contributed by atoms with Gasteiger partial charge in [0.2, 0.25) is 18.0 Å². The van der Waals surface area contributed by atoms with Crippen LogP contribution in [0.2, 0.25) is 0 Å². The number of fused-ring (bicyclic) bond motifs is 1. The third-order valence-electron chi connectivity index (χ3n) is 4.81. The number of benzene rings is 2. The van der Waals surface area contributed by atoms with Gasteiger partial charge in [0, 0.05) is 11.7 Å². The van der Waals surface area contributed by atoms with Crippen LogP contribution in [-0.2, 0) is 16.0 Å². The number of carbonyl (C=O) groups excluding carboxylic acids is 2. The van der Waals surface area contributed by atoms with Crippen molar-refractivity contribution in [2.24, 2.45) is 11.1 Å². The Morgan fingerprint density at radius 1 is 1.06 bits per heavy atom. The number of aliphatic hydroxyl groups excluding tert-OH is 2. The molecule has 0 spiro atoms. The summed E-state index contributed by atoms with van der Waals surface area (Å²) < 4.78 is 1.02. The van der Waals surface area contributed by atoms with Crippen LogP contribution in [0.1, 0.15) is 11.1 Å². The molecule has 9 heteroatoms. The zero-order valence-corrected chi connectivity index (χ0v) is 18.7. The molecule has 2 aromatic carbocycles. The summed E-state index contributed by atoms with van der Waals surface area (Å²) in [5, 5.41) is 29.6. The molecule has 8 nitrogen and oxygen atoms in total. The molecular weight excluding hydrogens is 430 g/mol. The fourth-order valence-electron chi connectivity index (χ4n) is 2.99. The second-order valence-electron chi connectivity index (χ2n) is 7.12. The predicted octanol–water partition coefficient (Wildman–Crippen LogP) is 2.36. The number of hydrogen-bond donors (Lipinski definition) is 4. The highest BCUT2D eigenvalue weighted by molar-refractivity contribution is 7.17. The normalized spacial score (nSPS) is 13.2. The summed E-state index contributed by atoms with van der Waals surface area (Å²) in [6.07, 6.45) is -3.52. The highest BCUT2D eigenvalue weighted by Gasteiger charge is 2.33. The van der Waals surface area contributed by atoms with Crippen LogP contribution in [0, 0.1) is 17.7 Å². The maximum absolute atomic E-state index is 12.4. The number of aliphatic hydroxyl groups is 2. The Labute approximate surface area is 190 Å². The minimum absolute atomic E-state index is 0.0946. The van der Waals surface area contributed by atoms with E-state index in [1.54, 1.807) is 0 Å². The Kier molecular flexibility index (Phi) is 9.93. The van der Waals surface area contributed by atoms with Crippen LogP contribution in [0.3, 0.4) is 0 Å². The largest absolute Gasteiger partial charge is 0.387 e. The smallest absolute Gasteiger partial charge is 0.239 e. The number of hydrogen-bond acceptors (Lipinski definition) is 7. The van der Waals surface area contributed by atoms with Gasteiger partial charge in [0.15, 0.2) is 0 Å². The number of nitrogens with one attached hydrogen (secondary N) is 2. The number of nitroso groups, excluding NO2 is 1. The number of thiophene rings is 1. The molecule has 0 aliphatic carbocycles. The maximum Gasteiger partial charge on any atom is 0.239 e. The first-order valence-electron chi connectivity index (χ1n) is 10.0. The molecule has 1 unspecified atom stereocenters. The summed E-state index contributed by atoms with van der Waals surface area (Å²) in [6.45, 7) is 1.81. The van der Waals surface area contributed by atoms with Crippen molar-refractivity contribution < 1.29 is 19.8 Å². The predicted molar refractivity (Wildman–Crippen MR) is 125 cm³/mol. The van der Waals surface area contributed by atoms with Gasteiger partial charge in [-0.1, -0.05) is 54.1 Å². The number of likely N-dealkylation sites (N-methyl/N-ethyl adjacent to an activating group) is 1. The Morgan fingerprint density at radius 2 is 1.72 bits per heavy atom. The van der Waals surface area contributed by atoms with E-state index >= 15 is 0 Å². The SMILES string of the molecule is CNC(=O)CNC(=O)[C@H](Cc1csc2ccccc12)[C@H](O)C(O)N=O.Cc1ccccc1. The molecule has 0 fully saturated rings. The zero-order chi connectivity index (χ0) is 23.5. The summed E-state index contributed by atoms with van der Waals surface area (Å²) in [6, 6.07) is 17.8. The summed E-state index contributed by atoms with van der Waals surface area (Å²) in [7, 11) is 1.43. The van der Waals surface area contributed by atoms with Crippen LogP contribution in [0.5, 0.6) is 0 Å². The molecule has 1 aromatic heterocycles. The molecule has 0 bridgehead atoms. The number of carbonyl (C=O) groups is 2. The number of rotatable bonds is 8. The van der Waals surface area contributed by atoms with Gasteiger partial charge in [-0.15, -0.1) is 16.2 Å². The molecule has 1 heterocycles. The van der Waals surface area contributed by atoms with Crippen LogP contribution in [0.4, 0.5) is 0 Å². The van der Waals surface area contributed by atoms with Crippen molar-refractivity contribution in [2.75, 3.05) is 13.6 Å². The van der Waals surface area contributed by atoms with Gasteiger partial charge in [0.25, 0.3) is 0 Å². The van der Waals surface area contributed by atoms with Crippen molar-refractivity contribution in [1.82, 2.24) is 10.6 Å². The van der Waals surface area contributed by atoms with Crippen LogP contribution in [-0.4, -0.2) is 48.0 Å². The number of nitrogens with zero attached hydrogens (tertiary/aromatic N) is 1. The van der Waals surface area contributed by atoms with E-state index in [4.69, 9.17) is 0 Å². The van der Waals surface area contributed by atoms with Gasteiger partial charge in [-0.25, -0.2) is 0 Å². The van der Waals surface area contributed by atoms with Crippen LogP contribution in [0.25, 0.3) is 10.1 Å². The summed E-state index contributed by atoms with van der Waals surface area (Å²) >= 11 is 1.49. The lowest BCUT2D eigenvalue weighted by Gasteiger charge is -2.22. The molecule has 0 saturated heterocycles. The van der Waals surface area contributed by atoms with Crippen molar-refractivity contribution in [3.8, 4) is 0 Å². The molecule has 2 amide bonds. The second-order valence-corrected chi connectivity index (χ2v) is 8.03. The lowest BCUT2D eigenvalue weighted by molar-refractivity contribution is -0.133. The van der Waals surface area contributed by atoms with E-state index in [2.05, 4.69) is 34.9 Å². The highest BCUT2D eigenvalue weighted by Crippen LogP contribution is 2.29. The van der Waals surface area contributed by atoms with Gasteiger partial charge in [-0.2, -0.15) is 0 Å². The summed E-state index contributed by atoms with van der Waals surface area (Å²) in [5.41, 5.74) is 2.13. The molecule has 4 N–H and O–H groups in total. The minimum Gasteiger partial charge on any atom is -0.387 e. The molecular formula is C23H27N3O5S. The first kappa shape index (κ1) is 25.1. The van der Waals surface area contributed by atoms with E-state index in [-0.39, 0.29) is 13.0 Å². The van der Waals surface area contributed by atoms with Crippen molar-refractivity contribution in [1.29, 1.82) is 0 Å². The van der Waals surface area contributed by atoms with E-state index in [0.717, 1.165) is 15.6 Å². The topological polar surface area (TPSA) is 128 Å². The fourth-order valence-corrected chi connectivity index (χ4v) is 3.96. The van der Waals surface area contributed by atoms with Crippen LogP contribution >= 0.6 is 11.3 Å². The average molecular weight is 458 g/mol. The molecule has 3 rings (SSSR count). The molecule has 32 heavy (non-hydrogen) atoms. The monoisotopic (exact) mass is 457 g/mol. The Balaban J connectivity index is 0.000000439. The van der Waals surface area contributed by atoms with Crippen molar-refractivity contribution >= 4 is 33.2 Å². The van der Waals surface area contributed by atoms with E-state index in [1.807, 2.05) is 47.8 Å². The Bertz CT molecular complexity index is 1020. The van der Waals surface area contributed by atoms with E-state index in [9.17, 15) is 24.7 Å². The molecule has 0 aliphatic heterocycles. The molecule has 0 radical (unpaired) electrons. The molecule has 0 aliphatic rings. The average Bonchev–Trinajstić information content (AvgIpc) is 3.23. The van der Waals surface area contributed by atoms with Crippen molar-refractivity contribution in [3.63, 3.8) is 0 Å². The molecule has 3 aromatic rings. The summed E-state index contributed by atoms with van der Waals surface area (Å²) in [5.74, 6) is -2.18. The first-order chi connectivity index (χ1) is 15.4. The maximum atomic E-state index is 12.4. The molecule has 0 saturated carbocycles. The van der Waals surface area contributed by atoms with Gasteiger partial charge in [0.05, 0.1) is 12.5 Å². The lowest BCUT2D eigenvalue weighted by atomic mass is 9.92. The van der Waals surface area contributed by atoms with E-state index in [1.165, 1.54) is 23.9 Å². The van der Waals surface area contributed by atoms with Crippen molar-refractivity contribution in [2.45, 2.75) is 25.7 Å².